The van der Waals surface area contributed by atoms with Gasteiger partial charge in [0.2, 0.25) is 0 Å². The molecular weight excluding hydrogens is 426 g/mol. The second kappa shape index (κ2) is 10.3. The van der Waals surface area contributed by atoms with Crippen molar-refractivity contribution in [1.82, 2.24) is 0 Å². The molecule has 1 N–H and O–H groups in total. The van der Waals surface area contributed by atoms with Crippen molar-refractivity contribution in [3.8, 4) is 5.75 Å². The SMILES string of the molecule is CCOc1ccc(C(CC(=O)c2ccc(Br)cc2)Nc2ccc(CC)cc2)cc1. The van der Waals surface area contributed by atoms with Gasteiger partial charge in [0.15, 0.2) is 5.78 Å². The number of ether oxygens (including phenoxy) is 1. The van der Waals surface area contributed by atoms with Gasteiger partial charge >= 0.3 is 0 Å². The molecule has 1 unspecified atom stereocenters. The van der Waals surface area contributed by atoms with Crippen LogP contribution in [0.1, 0.15) is 47.8 Å². The second-order valence-corrected chi connectivity index (χ2v) is 7.80. The minimum atomic E-state index is -0.130. The maximum atomic E-state index is 12.9. The van der Waals surface area contributed by atoms with Crippen molar-refractivity contribution in [2.24, 2.45) is 0 Å². The van der Waals surface area contributed by atoms with Gasteiger partial charge in [0, 0.05) is 22.1 Å². The highest BCUT2D eigenvalue weighted by molar-refractivity contribution is 9.10. The summed E-state index contributed by atoms with van der Waals surface area (Å²) in [6.45, 7) is 4.74. The molecular formula is C25H26BrNO2. The fourth-order valence-corrected chi connectivity index (χ4v) is 3.46. The number of nitrogens with one attached hydrogen (secondary N) is 1. The average Bonchev–Trinajstić information content (AvgIpc) is 2.75. The number of hydrogen-bond acceptors (Lipinski definition) is 3. The first-order valence-corrected chi connectivity index (χ1v) is 10.7. The number of hydrogen-bond donors (Lipinski definition) is 1. The molecule has 0 aromatic heterocycles. The Labute approximate surface area is 181 Å². The normalized spacial score (nSPS) is 11.7. The maximum absolute atomic E-state index is 12.9. The predicted octanol–water partition coefficient (Wildman–Crippen LogP) is 6.84. The Balaban J connectivity index is 1.83. The number of ketones is 1. The molecule has 29 heavy (non-hydrogen) atoms. The molecule has 0 amide bonds. The van der Waals surface area contributed by atoms with Gasteiger partial charge in [-0.25, -0.2) is 0 Å². The van der Waals surface area contributed by atoms with Gasteiger partial charge < -0.3 is 10.1 Å². The summed E-state index contributed by atoms with van der Waals surface area (Å²) in [7, 11) is 0. The molecule has 0 radical (unpaired) electrons. The van der Waals surface area contributed by atoms with Crippen LogP contribution in [-0.4, -0.2) is 12.4 Å². The Hall–Kier alpha value is -2.59. The van der Waals surface area contributed by atoms with E-state index in [2.05, 4.69) is 52.4 Å². The number of benzene rings is 3. The molecule has 3 aromatic carbocycles. The van der Waals surface area contributed by atoms with Crippen molar-refractivity contribution in [2.45, 2.75) is 32.7 Å². The van der Waals surface area contributed by atoms with Gasteiger partial charge in [-0.15, -0.1) is 0 Å². The van der Waals surface area contributed by atoms with Crippen LogP contribution in [0.5, 0.6) is 5.75 Å². The highest BCUT2D eigenvalue weighted by Gasteiger charge is 2.18. The molecule has 0 fully saturated rings. The van der Waals surface area contributed by atoms with Gasteiger partial charge in [-0.05, 0) is 60.9 Å². The average molecular weight is 452 g/mol. The lowest BCUT2D eigenvalue weighted by Crippen LogP contribution is -2.16. The van der Waals surface area contributed by atoms with Crippen molar-refractivity contribution >= 4 is 27.4 Å². The summed E-state index contributed by atoms with van der Waals surface area (Å²) >= 11 is 3.42. The minimum Gasteiger partial charge on any atom is -0.494 e. The topological polar surface area (TPSA) is 38.3 Å². The van der Waals surface area contributed by atoms with Crippen LogP contribution < -0.4 is 10.1 Å². The largest absolute Gasteiger partial charge is 0.494 e. The van der Waals surface area contributed by atoms with Crippen LogP contribution >= 0.6 is 15.9 Å². The molecule has 150 valence electrons. The predicted molar refractivity (Wildman–Crippen MR) is 123 cm³/mol. The van der Waals surface area contributed by atoms with E-state index in [4.69, 9.17) is 4.74 Å². The lowest BCUT2D eigenvalue weighted by atomic mass is 9.97. The van der Waals surface area contributed by atoms with Crippen LogP contribution in [0.2, 0.25) is 0 Å². The molecule has 0 bridgehead atoms. The summed E-state index contributed by atoms with van der Waals surface area (Å²) in [5.74, 6) is 0.940. The molecule has 0 spiro atoms. The van der Waals surface area contributed by atoms with E-state index in [9.17, 15) is 4.79 Å². The number of anilines is 1. The molecule has 4 heteroatoms. The zero-order valence-electron chi connectivity index (χ0n) is 16.8. The second-order valence-electron chi connectivity index (χ2n) is 6.88. The Morgan fingerprint density at radius 2 is 1.59 bits per heavy atom. The molecule has 0 saturated carbocycles. The fraction of sp³-hybridized carbons (Fsp3) is 0.240. The zero-order valence-corrected chi connectivity index (χ0v) is 18.4. The van der Waals surface area contributed by atoms with Crippen molar-refractivity contribution in [3.05, 3.63) is 94.0 Å². The number of carbonyl (C=O) groups excluding carboxylic acids is 1. The van der Waals surface area contributed by atoms with E-state index >= 15 is 0 Å². The molecule has 3 nitrogen and oxygen atoms in total. The van der Waals surface area contributed by atoms with Crippen LogP contribution in [0.4, 0.5) is 5.69 Å². The van der Waals surface area contributed by atoms with Crippen molar-refractivity contribution < 1.29 is 9.53 Å². The van der Waals surface area contributed by atoms with Gasteiger partial charge in [0.1, 0.15) is 5.75 Å². The molecule has 1 atom stereocenters. The van der Waals surface area contributed by atoms with E-state index in [0.29, 0.717) is 18.6 Å². The van der Waals surface area contributed by atoms with Gasteiger partial charge in [-0.3, -0.25) is 4.79 Å². The minimum absolute atomic E-state index is 0.106. The Morgan fingerprint density at radius 3 is 2.17 bits per heavy atom. The van der Waals surface area contributed by atoms with E-state index in [1.165, 1.54) is 5.56 Å². The summed E-state index contributed by atoms with van der Waals surface area (Å²) < 4.78 is 6.52. The van der Waals surface area contributed by atoms with E-state index < -0.39 is 0 Å². The number of Topliss-reactive ketones (excluding diaryl/α,β-unsaturated/α-hetero) is 1. The highest BCUT2D eigenvalue weighted by Crippen LogP contribution is 2.27. The standard InChI is InChI=1S/C25H26BrNO2/c1-3-18-5-13-22(14-6-18)27-24(19-9-15-23(16-10-19)29-4-2)17-25(28)20-7-11-21(26)12-8-20/h5-16,24,27H,3-4,17H2,1-2H3. The summed E-state index contributed by atoms with van der Waals surface area (Å²) in [6, 6.07) is 23.7. The number of rotatable bonds is 9. The first-order chi connectivity index (χ1) is 14.1. The van der Waals surface area contributed by atoms with Crippen LogP contribution in [0.3, 0.4) is 0 Å². The maximum Gasteiger partial charge on any atom is 0.165 e. The number of halogens is 1. The van der Waals surface area contributed by atoms with Crippen molar-refractivity contribution in [1.29, 1.82) is 0 Å². The molecule has 3 aromatic rings. The first kappa shape index (κ1) is 21.1. The Morgan fingerprint density at radius 1 is 0.931 bits per heavy atom. The van der Waals surface area contributed by atoms with Crippen molar-refractivity contribution in [3.63, 3.8) is 0 Å². The third-order valence-corrected chi connectivity index (χ3v) is 5.38. The molecule has 0 saturated heterocycles. The molecule has 0 aliphatic heterocycles. The summed E-state index contributed by atoms with van der Waals surface area (Å²) in [6.07, 6.45) is 1.37. The third kappa shape index (κ3) is 5.94. The monoisotopic (exact) mass is 451 g/mol. The van der Waals surface area contributed by atoms with E-state index in [-0.39, 0.29) is 11.8 Å². The van der Waals surface area contributed by atoms with E-state index in [0.717, 1.165) is 27.9 Å². The highest BCUT2D eigenvalue weighted by atomic mass is 79.9. The Bertz CT molecular complexity index is 919. The van der Waals surface area contributed by atoms with Gasteiger partial charge in [-0.2, -0.15) is 0 Å². The van der Waals surface area contributed by atoms with Crippen LogP contribution in [0.25, 0.3) is 0 Å². The van der Waals surface area contributed by atoms with Crippen LogP contribution in [-0.2, 0) is 6.42 Å². The van der Waals surface area contributed by atoms with Gasteiger partial charge in [0.05, 0.1) is 12.6 Å². The fourth-order valence-electron chi connectivity index (χ4n) is 3.19. The van der Waals surface area contributed by atoms with Crippen LogP contribution in [0, 0.1) is 0 Å². The number of aryl methyl sites for hydroxylation is 1. The molecule has 3 rings (SSSR count). The third-order valence-electron chi connectivity index (χ3n) is 4.85. The molecule has 0 aliphatic rings. The van der Waals surface area contributed by atoms with Gasteiger partial charge in [0.25, 0.3) is 0 Å². The molecule has 0 heterocycles. The first-order valence-electron chi connectivity index (χ1n) is 9.96. The zero-order chi connectivity index (χ0) is 20.6. The Kier molecular flexibility index (Phi) is 7.48. The van der Waals surface area contributed by atoms with E-state index in [1.807, 2.05) is 55.5 Å². The lowest BCUT2D eigenvalue weighted by Gasteiger charge is -2.21. The van der Waals surface area contributed by atoms with Crippen molar-refractivity contribution in [2.75, 3.05) is 11.9 Å². The van der Waals surface area contributed by atoms with E-state index in [1.54, 1.807) is 0 Å². The summed E-state index contributed by atoms with van der Waals surface area (Å²) in [4.78, 5) is 12.9. The van der Waals surface area contributed by atoms with Crippen LogP contribution in [0.15, 0.2) is 77.3 Å². The number of carbonyl (C=O) groups is 1. The summed E-state index contributed by atoms with van der Waals surface area (Å²) in [5, 5.41) is 3.54. The summed E-state index contributed by atoms with van der Waals surface area (Å²) in [5.41, 5.74) is 4.06. The quantitative estimate of drug-likeness (QED) is 0.362. The molecule has 0 aliphatic carbocycles. The van der Waals surface area contributed by atoms with Gasteiger partial charge in [-0.1, -0.05) is 59.3 Å². The lowest BCUT2D eigenvalue weighted by molar-refractivity contribution is 0.0976. The smallest absolute Gasteiger partial charge is 0.165 e.